The molecule has 1 amide bonds. The molecule has 1 heterocycles. The smallest absolute Gasteiger partial charge is 0.266 e. The van der Waals surface area contributed by atoms with Crippen LogP contribution in [0.1, 0.15) is 11.3 Å². The fourth-order valence-electron chi connectivity index (χ4n) is 2.79. The number of hydrogen-bond donors (Lipinski definition) is 1. The molecule has 0 aliphatic rings. The van der Waals surface area contributed by atoms with Crippen molar-refractivity contribution < 1.29 is 9.53 Å². The summed E-state index contributed by atoms with van der Waals surface area (Å²) < 4.78 is 7.15. The monoisotopic (exact) mass is 425 g/mol. The van der Waals surface area contributed by atoms with Gasteiger partial charge >= 0.3 is 0 Å². The Morgan fingerprint density at radius 3 is 2.48 bits per heavy atom. The molecule has 0 aliphatic heterocycles. The second-order valence-electron chi connectivity index (χ2n) is 6.24. The predicted octanol–water partition coefficient (Wildman–Crippen LogP) is 5.65. The second-order valence-corrected chi connectivity index (χ2v) is 7.05. The molecular weight excluding hydrogens is 409 g/mol. The van der Waals surface area contributed by atoms with Crippen LogP contribution in [0.5, 0.6) is 5.75 Å². The van der Waals surface area contributed by atoms with Gasteiger partial charge in [0, 0.05) is 23.3 Å². The molecule has 146 valence electrons. The van der Waals surface area contributed by atoms with Gasteiger partial charge in [0.1, 0.15) is 17.4 Å². The van der Waals surface area contributed by atoms with E-state index in [4.69, 9.17) is 27.9 Å². The Hall–Kier alpha value is -3.20. The first-order chi connectivity index (χ1) is 13.9. The molecule has 0 aliphatic carbocycles. The van der Waals surface area contributed by atoms with Crippen LogP contribution in [0.2, 0.25) is 10.0 Å². The van der Waals surface area contributed by atoms with Crippen molar-refractivity contribution in [3.8, 4) is 17.5 Å². The number of anilines is 1. The van der Waals surface area contributed by atoms with Gasteiger partial charge in [0.15, 0.2) is 0 Å². The average Bonchev–Trinajstić information content (AvgIpc) is 3.09. The fourth-order valence-corrected chi connectivity index (χ4v) is 3.08. The minimum absolute atomic E-state index is 0.0250. The average molecular weight is 426 g/mol. The molecule has 0 bridgehead atoms. The molecule has 0 radical (unpaired) electrons. The normalized spacial score (nSPS) is 11.1. The summed E-state index contributed by atoms with van der Waals surface area (Å²) in [6.45, 7) is 1.95. The molecule has 3 aromatic rings. The van der Waals surface area contributed by atoms with Crippen molar-refractivity contribution in [3.63, 3.8) is 0 Å². The van der Waals surface area contributed by atoms with Gasteiger partial charge in [-0.05, 0) is 67.1 Å². The van der Waals surface area contributed by atoms with E-state index in [0.717, 1.165) is 22.7 Å². The number of aryl methyl sites for hydroxylation is 1. The van der Waals surface area contributed by atoms with E-state index in [2.05, 4.69) is 5.32 Å². The van der Waals surface area contributed by atoms with E-state index in [1.807, 2.05) is 54.1 Å². The van der Waals surface area contributed by atoms with Gasteiger partial charge in [-0.2, -0.15) is 5.26 Å². The highest BCUT2D eigenvalue weighted by Crippen LogP contribution is 2.25. The number of rotatable bonds is 5. The number of nitriles is 1. The van der Waals surface area contributed by atoms with E-state index < -0.39 is 5.91 Å². The minimum atomic E-state index is -0.527. The Bertz CT molecular complexity index is 1130. The van der Waals surface area contributed by atoms with Crippen molar-refractivity contribution in [2.75, 3.05) is 12.4 Å². The van der Waals surface area contributed by atoms with Gasteiger partial charge in [0.25, 0.3) is 5.91 Å². The highest BCUT2D eigenvalue weighted by molar-refractivity contribution is 6.42. The Morgan fingerprint density at radius 2 is 1.86 bits per heavy atom. The molecular formula is C22H17Cl2N3O2. The highest BCUT2D eigenvalue weighted by Gasteiger charge is 2.12. The standard InChI is InChI=1S/C22H17Cl2N3O2/c1-14-9-15(13-27(14)18-4-6-19(29-2)7-5-18)10-16(12-25)22(28)26-17-3-8-20(23)21(24)11-17/h3-11,13H,1-2H3,(H,26,28)/b16-10+. The number of nitrogens with one attached hydrogen (secondary N) is 1. The first-order valence-corrected chi connectivity index (χ1v) is 9.38. The summed E-state index contributed by atoms with van der Waals surface area (Å²) in [6.07, 6.45) is 3.40. The number of hydrogen-bond acceptors (Lipinski definition) is 3. The molecule has 0 spiro atoms. The third-order valence-corrected chi connectivity index (χ3v) is 4.98. The van der Waals surface area contributed by atoms with Crippen LogP contribution in [0.25, 0.3) is 11.8 Å². The Labute approximate surface area is 178 Å². The summed E-state index contributed by atoms with van der Waals surface area (Å²) in [7, 11) is 1.62. The molecule has 5 nitrogen and oxygen atoms in total. The molecule has 0 atom stereocenters. The van der Waals surface area contributed by atoms with Crippen molar-refractivity contribution in [2.45, 2.75) is 6.92 Å². The van der Waals surface area contributed by atoms with Crippen molar-refractivity contribution >= 4 is 40.9 Å². The Balaban J connectivity index is 1.84. The molecule has 2 aromatic carbocycles. The van der Waals surface area contributed by atoms with Crippen LogP contribution in [0.15, 0.2) is 60.3 Å². The number of benzene rings is 2. The van der Waals surface area contributed by atoms with E-state index in [1.165, 1.54) is 6.07 Å². The lowest BCUT2D eigenvalue weighted by Crippen LogP contribution is -2.13. The molecule has 3 rings (SSSR count). The summed E-state index contributed by atoms with van der Waals surface area (Å²) in [5.74, 6) is 0.241. The third kappa shape index (κ3) is 4.80. The quantitative estimate of drug-likeness (QED) is 0.424. The van der Waals surface area contributed by atoms with E-state index in [1.54, 1.807) is 25.3 Å². The van der Waals surface area contributed by atoms with Crippen LogP contribution in [-0.2, 0) is 4.79 Å². The first-order valence-electron chi connectivity index (χ1n) is 8.63. The molecule has 0 saturated carbocycles. The maximum absolute atomic E-state index is 12.5. The number of aromatic nitrogens is 1. The van der Waals surface area contributed by atoms with E-state index >= 15 is 0 Å². The van der Waals surface area contributed by atoms with E-state index in [-0.39, 0.29) is 5.57 Å². The van der Waals surface area contributed by atoms with E-state index in [9.17, 15) is 10.1 Å². The lowest BCUT2D eigenvalue weighted by atomic mass is 10.2. The van der Waals surface area contributed by atoms with Crippen LogP contribution < -0.4 is 10.1 Å². The number of carbonyl (C=O) groups is 1. The number of ether oxygens (including phenoxy) is 1. The minimum Gasteiger partial charge on any atom is -0.497 e. The molecule has 7 heteroatoms. The lowest BCUT2D eigenvalue weighted by Gasteiger charge is -2.07. The maximum Gasteiger partial charge on any atom is 0.266 e. The van der Waals surface area contributed by atoms with Crippen molar-refractivity contribution in [2.24, 2.45) is 0 Å². The van der Waals surface area contributed by atoms with Gasteiger partial charge in [0.05, 0.1) is 17.2 Å². The van der Waals surface area contributed by atoms with Crippen molar-refractivity contribution in [1.29, 1.82) is 5.26 Å². The fraction of sp³-hybridized carbons (Fsp3) is 0.0909. The largest absolute Gasteiger partial charge is 0.497 e. The summed E-state index contributed by atoms with van der Waals surface area (Å²) in [4.78, 5) is 12.5. The van der Waals surface area contributed by atoms with Gasteiger partial charge in [-0.25, -0.2) is 0 Å². The van der Waals surface area contributed by atoms with Crippen molar-refractivity contribution in [1.82, 2.24) is 4.57 Å². The molecule has 0 saturated heterocycles. The molecule has 0 unspecified atom stereocenters. The SMILES string of the molecule is COc1ccc(-n2cc(/C=C(\C#N)C(=O)Nc3ccc(Cl)c(Cl)c3)cc2C)cc1. The number of nitrogens with zero attached hydrogens (tertiary/aromatic N) is 2. The zero-order chi connectivity index (χ0) is 21.0. The van der Waals surface area contributed by atoms with E-state index in [0.29, 0.717) is 15.7 Å². The van der Waals surface area contributed by atoms with Crippen LogP contribution in [0.4, 0.5) is 5.69 Å². The summed E-state index contributed by atoms with van der Waals surface area (Å²) in [6, 6.07) is 16.2. The number of methoxy groups -OCH3 is 1. The zero-order valence-electron chi connectivity index (χ0n) is 15.7. The molecule has 1 N–H and O–H groups in total. The Kier molecular flexibility index (Phi) is 6.28. The zero-order valence-corrected chi connectivity index (χ0v) is 17.3. The van der Waals surface area contributed by atoms with Crippen molar-refractivity contribution in [3.05, 3.63) is 81.6 Å². The molecule has 0 fully saturated rings. The second kappa shape index (κ2) is 8.87. The number of halogens is 2. The van der Waals surface area contributed by atoms with Gasteiger partial charge in [-0.15, -0.1) is 0 Å². The summed E-state index contributed by atoms with van der Waals surface area (Å²) in [5, 5.41) is 12.8. The molecule has 1 aromatic heterocycles. The van der Waals surface area contributed by atoms with Crippen LogP contribution in [-0.4, -0.2) is 17.6 Å². The summed E-state index contributed by atoms with van der Waals surface area (Å²) in [5.41, 5.74) is 3.07. The van der Waals surface area contributed by atoms with Gasteiger partial charge < -0.3 is 14.6 Å². The topological polar surface area (TPSA) is 67.0 Å². The highest BCUT2D eigenvalue weighted by atomic mass is 35.5. The van der Waals surface area contributed by atoms with Crippen LogP contribution in [0, 0.1) is 18.3 Å². The maximum atomic E-state index is 12.5. The van der Waals surface area contributed by atoms with Gasteiger partial charge in [0.2, 0.25) is 0 Å². The van der Waals surface area contributed by atoms with Crippen LogP contribution in [0.3, 0.4) is 0 Å². The first kappa shape index (κ1) is 20.5. The van der Waals surface area contributed by atoms with Gasteiger partial charge in [-0.1, -0.05) is 23.2 Å². The third-order valence-electron chi connectivity index (χ3n) is 4.24. The predicted molar refractivity (Wildman–Crippen MR) is 116 cm³/mol. The van der Waals surface area contributed by atoms with Gasteiger partial charge in [-0.3, -0.25) is 4.79 Å². The summed E-state index contributed by atoms with van der Waals surface area (Å²) >= 11 is 11.8. The number of carbonyl (C=O) groups excluding carboxylic acids is 1. The Morgan fingerprint density at radius 1 is 1.14 bits per heavy atom. The lowest BCUT2D eigenvalue weighted by molar-refractivity contribution is -0.112. The van der Waals surface area contributed by atoms with Crippen LogP contribution >= 0.6 is 23.2 Å². The molecule has 29 heavy (non-hydrogen) atoms. The number of amides is 1.